The average molecular weight is 846 g/mol. The van der Waals surface area contributed by atoms with Gasteiger partial charge in [-0.25, -0.2) is 9.97 Å². The number of piperidine rings is 2. The third-order valence-electron chi connectivity index (χ3n) is 12.2. The van der Waals surface area contributed by atoms with E-state index in [9.17, 15) is 42.3 Å². The molecule has 4 N–H and O–H groups in total. The summed E-state index contributed by atoms with van der Waals surface area (Å²) in [5.74, 6) is -1.69. The second-order valence-electron chi connectivity index (χ2n) is 16.9. The first-order valence-corrected chi connectivity index (χ1v) is 21.2. The maximum Gasteiger partial charge on any atom is 0.433 e. The maximum atomic E-state index is 13.5. The second-order valence-corrected chi connectivity index (χ2v) is 17.9. The standard InChI is InChI=1S/C43H46F3N7O6S/c1-42(2,59)27-19-31-33(20-30(27)49-37(55)29-7-4-8-34(48-29)43(44,45)46)60-39(50-31)25-11-9-24(10-12-25)22-52-17-15-23(16-18-52)21-47-28-6-3-5-26-36(28)41(58)53(40(26)57)32-13-14-35(54)51-38(32)56/h3-8,19-20,23-25,32,47,59H,9-18,21-22H2,1-2H3,(H,49,55)(H,51,54,56)/t24-,25-,32?. The van der Waals surface area contributed by atoms with Crippen molar-refractivity contribution < 1.29 is 42.3 Å². The van der Waals surface area contributed by atoms with Gasteiger partial charge in [0.05, 0.1) is 32.0 Å². The van der Waals surface area contributed by atoms with Crippen LogP contribution in [0.25, 0.3) is 10.2 Å². The zero-order chi connectivity index (χ0) is 42.5. The molecular formula is C43H46F3N7O6S. The third kappa shape index (κ3) is 8.52. The lowest BCUT2D eigenvalue weighted by atomic mass is 9.81. The fourth-order valence-corrected chi connectivity index (χ4v) is 10.1. The smallest absolute Gasteiger partial charge is 0.386 e. The van der Waals surface area contributed by atoms with E-state index in [4.69, 9.17) is 4.98 Å². The van der Waals surface area contributed by atoms with Crippen LogP contribution in [-0.2, 0) is 21.4 Å². The van der Waals surface area contributed by atoms with Crippen molar-refractivity contribution in [2.24, 2.45) is 11.8 Å². The van der Waals surface area contributed by atoms with Crippen molar-refractivity contribution in [1.29, 1.82) is 0 Å². The highest BCUT2D eigenvalue weighted by Gasteiger charge is 2.46. The number of aliphatic hydroxyl groups is 1. The van der Waals surface area contributed by atoms with Crippen LogP contribution in [0, 0.1) is 11.8 Å². The fourth-order valence-electron chi connectivity index (χ4n) is 8.93. The molecule has 3 fully saturated rings. The molecule has 0 radical (unpaired) electrons. The number of benzene rings is 2. The zero-order valence-electron chi connectivity index (χ0n) is 33.2. The highest BCUT2D eigenvalue weighted by molar-refractivity contribution is 7.18. The summed E-state index contributed by atoms with van der Waals surface area (Å²) < 4.78 is 40.6. The minimum absolute atomic E-state index is 0.0671. The van der Waals surface area contributed by atoms with Gasteiger partial charge in [-0.05, 0) is 120 Å². The van der Waals surface area contributed by atoms with Crippen LogP contribution in [0.5, 0.6) is 0 Å². The summed E-state index contributed by atoms with van der Waals surface area (Å²) in [5.41, 5.74) is -0.462. The Morgan fingerprint density at radius 2 is 1.63 bits per heavy atom. The molecule has 316 valence electrons. The van der Waals surface area contributed by atoms with Crippen LogP contribution in [0.2, 0.25) is 0 Å². The van der Waals surface area contributed by atoms with Crippen LogP contribution < -0.4 is 16.0 Å². The van der Waals surface area contributed by atoms with Crippen molar-refractivity contribution in [3.63, 3.8) is 0 Å². The molecular weight excluding hydrogens is 800 g/mol. The van der Waals surface area contributed by atoms with Gasteiger partial charge >= 0.3 is 6.18 Å². The van der Waals surface area contributed by atoms with Crippen molar-refractivity contribution in [3.8, 4) is 0 Å². The van der Waals surface area contributed by atoms with Crippen LogP contribution >= 0.6 is 11.3 Å². The molecule has 1 unspecified atom stereocenters. The molecule has 4 aromatic rings. The van der Waals surface area contributed by atoms with E-state index in [1.54, 1.807) is 44.2 Å². The van der Waals surface area contributed by atoms with Crippen molar-refractivity contribution in [1.82, 2.24) is 25.1 Å². The second kappa shape index (κ2) is 16.3. The molecule has 8 rings (SSSR count). The summed E-state index contributed by atoms with van der Waals surface area (Å²) in [4.78, 5) is 75.9. The lowest BCUT2D eigenvalue weighted by Crippen LogP contribution is -2.54. The van der Waals surface area contributed by atoms with Crippen LogP contribution in [0.3, 0.4) is 0 Å². The lowest BCUT2D eigenvalue weighted by molar-refractivity contribution is -0.141. The van der Waals surface area contributed by atoms with E-state index in [0.29, 0.717) is 35.1 Å². The Morgan fingerprint density at radius 1 is 0.900 bits per heavy atom. The van der Waals surface area contributed by atoms with Gasteiger partial charge in [-0.2, -0.15) is 13.2 Å². The predicted molar refractivity (Wildman–Crippen MR) is 218 cm³/mol. The molecule has 0 bridgehead atoms. The van der Waals surface area contributed by atoms with Crippen LogP contribution in [0.4, 0.5) is 24.5 Å². The van der Waals surface area contributed by atoms with Gasteiger partial charge in [0.25, 0.3) is 17.7 Å². The van der Waals surface area contributed by atoms with Gasteiger partial charge in [-0.3, -0.25) is 34.2 Å². The number of fused-ring (bicyclic) bond motifs is 2. The number of hydrogen-bond acceptors (Lipinski definition) is 11. The average Bonchev–Trinajstić information content (AvgIpc) is 3.74. The first-order valence-electron chi connectivity index (χ1n) is 20.4. The molecule has 5 heterocycles. The lowest BCUT2D eigenvalue weighted by Gasteiger charge is -2.36. The number of aromatic nitrogens is 2. The molecule has 2 saturated heterocycles. The summed E-state index contributed by atoms with van der Waals surface area (Å²) in [6, 6.07) is 10.7. The van der Waals surface area contributed by atoms with E-state index in [1.165, 1.54) is 17.4 Å². The van der Waals surface area contributed by atoms with Crippen molar-refractivity contribution in [2.75, 3.05) is 36.8 Å². The van der Waals surface area contributed by atoms with E-state index < -0.39 is 53.0 Å². The largest absolute Gasteiger partial charge is 0.433 e. The number of alkyl halides is 3. The number of halogens is 3. The number of amides is 5. The van der Waals surface area contributed by atoms with E-state index in [2.05, 4.69) is 25.8 Å². The number of carbonyl (C=O) groups is 5. The van der Waals surface area contributed by atoms with Gasteiger partial charge in [0, 0.05) is 42.4 Å². The van der Waals surface area contributed by atoms with Crippen LogP contribution in [-0.4, -0.2) is 86.6 Å². The van der Waals surface area contributed by atoms with Gasteiger partial charge in [0.1, 0.15) is 17.4 Å². The number of nitrogens with one attached hydrogen (secondary N) is 3. The molecule has 13 nitrogen and oxygen atoms in total. The van der Waals surface area contributed by atoms with E-state index >= 15 is 0 Å². The molecule has 1 atom stereocenters. The summed E-state index contributed by atoms with van der Waals surface area (Å²) in [7, 11) is 0. The number of pyridine rings is 1. The summed E-state index contributed by atoms with van der Waals surface area (Å²) >= 11 is 1.53. The monoisotopic (exact) mass is 845 g/mol. The number of likely N-dealkylation sites (tertiary alicyclic amines) is 1. The van der Waals surface area contributed by atoms with Gasteiger partial charge in [0.2, 0.25) is 11.8 Å². The normalized spacial score (nSPS) is 22.0. The molecule has 60 heavy (non-hydrogen) atoms. The molecule has 2 aromatic carbocycles. The summed E-state index contributed by atoms with van der Waals surface area (Å²) in [5, 5.41) is 20.3. The van der Waals surface area contributed by atoms with Crippen LogP contribution in [0.15, 0.2) is 48.5 Å². The zero-order valence-corrected chi connectivity index (χ0v) is 34.0. The molecule has 5 amide bonds. The minimum atomic E-state index is -4.70. The number of carbonyl (C=O) groups excluding carboxylic acids is 5. The Balaban J connectivity index is 0.833. The van der Waals surface area contributed by atoms with Crippen molar-refractivity contribution >= 4 is 62.5 Å². The number of rotatable bonds is 10. The first-order chi connectivity index (χ1) is 28.5. The molecule has 4 aliphatic rings. The van der Waals surface area contributed by atoms with Gasteiger partial charge in [-0.15, -0.1) is 11.3 Å². The topological polar surface area (TPSA) is 174 Å². The summed E-state index contributed by atoms with van der Waals surface area (Å²) in [6.07, 6.45) is 1.55. The first kappa shape index (κ1) is 41.5. The minimum Gasteiger partial charge on any atom is -0.386 e. The number of hydrogen-bond donors (Lipinski definition) is 4. The highest BCUT2D eigenvalue weighted by Crippen LogP contribution is 2.42. The Morgan fingerprint density at radius 3 is 2.33 bits per heavy atom. The van der Waals surface area contributed by atoms with Gasteiger partial charge in [0.15, 0.2) is 0 Å². The summed E-state index contributed by atoms with van der Waals surface area (Å²) in [6.45, 7) is 6.74. The Hall–Kier alpha value is -5.26. The number of anilines is 2. The third-order valence-corrected chi connectivity index (χ3v) is 13.4. The van der Waals surface area contributed by atoms with Crippen LogP contribution in [0.1, 0.15) is 119 Å². The molecule has 1 aliphatic carbocycles. The number of thiazole rings is 1. The molecule has 17 heteroatoms. The molecule has 1 saturated carbocycles. The van der Waals surface area contributed by atoms with E-state index in [-0.39, 0.29) is 41.3 Å². The quantitative estimate of drug-likeness (QED) is 0.126. The van der Waals surface area contributed by atoms with Gasteiger partial charge in [-0.1, -0.05) is 12.1 Å². The van der Waals surface area contributed by atoms with E-state index in [1.807, 2.05) is 0 Å². The Bertz CT molecular complexity index is 2360. The number of imide groups is 2. The SMILES string of the molecule is CC(C)(O)c1cc2nc([C@H]3CC[C@H](CN4CCC(CNc5cccc6c5C(=O)N(C5CCC(=O)NC5=O)C6=O)CC4)CC3)sc2cc1NC(=O)c1cccc(C(F)(F)F)n1. The maximum absolute atomic E-state index is 13.5. The van der Waals surface area contributed by atoms with Crippen molar-refractivity contribution in [2.45, 2.75) is 89.0 Å². The number of nitrogens with zero attached hydrogens (tertiary/aromatic N) is 4. The molecule has 3 aliphatic heterocycles. The Kier molecular flexibility index (Phi) is 11.3. The Labute approximate surface area is 348 Å². The highest BCUT2D eigenvalue weighted by atomic mass is 32.1. The molecule has 2 aromatic heterocycles. The van der Waals surface area contributed by atoms with Gasteiger partial charge < -0.3 is 20.6 Å². The molecule has 0 spiro atoms. The van der Waals surface area contributed by atoms with Crippen molar-refractivity contribution in [3.05, 3.63) is 81.6 Å². The van der Waals surface area contributed by atoms with E-state index in [0.717, 1.165) is 84.9 Å². The fraction of sp³-hybridized carbons (Fsp3) is 0.465. The predicted octanol–water partition coefficient (Wildman–Crippen LogP) is 6.69.